The van der Waals surface area contributed by atoms with Crippen LogP contribution in [0.3, 0.4) is 0 Å². The molecule has 4 rings (SSSR count). The average Bonchev–Trinajstić information content (AvgIpc) is 3.60. The second kappa shape index (κ2) is 22.7. The highest BCUT2D eigenvalue weighted by molar-refractivity contribution is 6.05. The molecule has 0 aliphatic heterocycles. The van der Waals surface area contributed by atoms with Gasteiger partial charge in [0.25, 0.3) is 0 Å². The van der Waals surface area contributed by atoms with Crippen molar-refractivity contribution >= 4 is 23.7 Å². The fourth-order valence-electron chi connectivity index (χ4n) is 11.4. The van der Waals surface area contributed by atoms with Gasteiger partial charge in [-0.25, -0.2) is 0 Å². The number of ether oxygens (including phenoxy) is 3. The largest absolute Gasteiger partial charge is 0.461 e. The number of hydrogen-bond donors (Lipinski definition) is 3. The van der Waals surface area contributed by atoms with Crippen molar-refractivity contribution in [2.24, 2.45) is 29.1 Å². The molecule has 10 nitrogen and oxygen atoms in total. The lowest BCUT2D eigenvalue weighted by atomic mass is 9.58. The fraction of sp³-hybridized carbons (Fsp3) is 0.840. The lowest BCUT2D eigenvalue weighted by Crippen LogP contribution is -2.67. The van der Waals surface area contributed by atoms with Crippen LogP contribution in [0, 0.1) is 29.1 Å². The first-order chi connectivity index (χ1) is 28.6. The van der Waals surface area contributed by atoms with Gasteiger partial charge in [0.1, 0.15) is 18.8 Å². The minimum atomic E-state index is -2.47. The number of unbranched alkanes of at least 4 members (excludes halogenated alkanes) is 20. The number of ketones is 1. The van der Waals surface area contributed by atoms with Gasteiger partial charge in [-0.3, -0.25) is 19.2 Å². The summed E-state index contributed by atoms with van der Waals surface area (Å²) in [6.45, 7) is 12.4. The molecule has 0 bridgehead atoms. The zero-order valence-corrected chi connectivity index (χ0v) is 38.5. The number of hydrogen-bond acceptors (Lipinski definition) is 10. The smallest absolute Gasteiger partial charge is 0.306 e. The molecule has 2 fully saturated rings. The minimum Gasteiger partial charge on any atom is -0.461 e. The van der Waals surface area contributed by atoms with Gasteiger partial charge >= 0.3 is 17.9 Å². The Morgan fingerprint density at radius 3 is 1.62 bits per heavy atom. The predicted octanol–water partition coefficient (Wildman–Crippen LogP) is 9.98. The maximum atomic E-state index is 13.9. The Hall–Kier alpha value is -2.56. The Morgan fingerprint density at radius 2 is 1.15 bits per heavy atom. The van der Waals surface area contributed by atoms with E-state index in [1.807, 2.05) is 13.8 Å². The van der Waals surface area contributed by atoms with Crippen LogP contribution < -0.4 is 0 Å². The third-order valence-corrected chi connectivity index (χ3v) is 14.9. The van der Waals surface area contributed by atoms with E-state index < -0.39 is 81.8 Å². The molecule has 0 spiro atoms. The van der Waals surface area contributed by atoms with Crippen LogP contribution in [-0.2, 0) is 33.4 Å². The molecule has 0 unspecified atom stereocenters. The van der Waals surface area contributed by atoms with Crippen molar-refractivity contribution in [2.75, 3.05) is 6.61 Å². The van der Waals surface area contributed by atoms with Crippen LogP contribution in [0.2, 0.25) is 0 Å². The van der Waals surface area contributed by atoms with Crippen LogP contribution >= 0.6 is 0 Å². The molecule has 60 heavy (non-hydrogen) atoms. The summed E-state index contributed by atoms with van der Waals surface area (Å²) >= 11 is 0. The summed E-state index contributed by atoms with van der Waals surface area (Å²) in [6.07, 6.45) is 25.8. The van der Waals surface area contributed by atoms with Crippen molar-refractivity contribution in [3.63, 3.8) is 0 Å². The first kappa shape index (κ1) is 50.1. The number of carbonyl (C=O) groups excluding carboxylic acids is 4. The summed E-state index contributed by atoms with van der Waals surface area (Å²) in [4.78, 5) is 53.4. The van der Waals surface area contributed by atoms with E-state index in [1.165, 1.54) is 103 Å². The van der Waals surface area contributed by atoms with Crippen molar-refractivity contribution in [3.05, 3.63) is 23.3 Å². The Balaban J connectivity index is 1.46. The predicted molar refractivity (Wildman–Crippen MR) is 234 cm³/mol. The van der Waals surface area contributed by atoms with Gasteiger partial charge in [0.2, 0.25) is 0 Å². The normalized spacial score (nSPS) is 31.3. The monoisotopic (exact) mass is 843 g/mol. The quantitative estimate of drug-likeness (QED) is 0.0300. The van der Waals surface area contributed by atoms with Crippen LogP contribution in [0.4, 0.5) is 0 Å². The molecule has 0 aromatic heterocycles. The van der Waals surface area contributed by atoms with Crippen molar-refractivity contribution in [1.29, 1.82) is 0 Å². The molecule has 4 aliphatic carbocycles. The van der Waals surface area contributed by atoms with Gasteiger partial charge in [-0.2, -0.15) is 0 Å². The number of rotatable bonds is 28. The van der Waals surface area contributed by atoms with E-state index in [9.17, 15) is 34.5 Å². The number of aliphatic hydroxyl groups excluding tert-OH is 1. The van der Waals surface area contributed by atoms with Gasteiger partial charge in [-0.05, 0) is 30.9 Å². The van der Waals surface area contributed by atoms with Crippen LogP contribution in [0.1, 0.15) is 203 Å². The molecule has 2 saturated carbocycles. The zero-order valence-electron chi connectivity index (χ0n) is 38.5. The minimum absolute atomic E-state index is 0.103. The van der Waals surface area contributed by atoms with E-state index in [0.29, 0.717) is 12.8 Å². The summed E-state index contributed by atoms with van der Waals surface area (Å²) in [6, 6.07) is 0. The summed E-state index contributed by atoms with van der Waals surface area (Å²) in [7, 11) is 0. The number of fused-ring (bicyclic) bond motifs is 5. The molecule has 0 radical (unpaired) electrons. The molecule has 10 heteroatoms. The van der Waals surface area contributed by atoms with E-state index >= 15 is 0 Å². The molecule has 342 valence electrons. The zero-order chi connectivity index (χ0) is 44.1. The molecule has 0 heterocycles. The highest BCUT2D eigenvalue weighted by atomic mass is 16.6. The third kappa shape index (κ3) is 11.0. The van der Waals surface area contributed by atoms with Gasteiger partial charge in [-0.1, -0.05) is 175 Å². The molecule has 0 amide bonds. The van der Waals surface area contributed by atoms with Crippen molar-refractivity contribution in [1.82, 2.24) is 0 Å². The van der Waals surface area contributed by atoms with Crippen LogP contribution in [0.25, 0.3) is 0 Å². The maximum Gasteiger partial charge on any atom is 0.306 e. The van der Waals surface area contributed by atoms with Gasteiger partial charge in [-0.15, -0.1) is 0 Å². The standard InChI is InChI=1S/C50H82O10/c1-8-10-12-14-16-18-20-22-24-26-28-30-41(52)58-34-38-33-39-43-47(6,7)50(43,60-37(5)51)46(59-42(53)31-29-27-25-23-21-19-17-15-13-11-9-2)36(4)48(39,56)40-32-35(3)44(54)49(40,57)45(38)55/h32-33,36,39-40,43,45-46,55-57H,8-31,34H2,1-7H3/t36-,39+,40+,43-,45-,46-,48-,49-,50-/m1/s1. The molecular weight excluding hydrogens is 761 g/mol. The SMILES string of the molecule is CCCCCCCCCCCCCC(=O)OCC1=C[C@H]2[C@@H]3C(C)(C)[C@]3(OC(C)=O)[C@H](OC(=O)CCCCCCCCCCCCC)[C@@H](C)[C@]2(O)[C@@H]2C=C(C)C(=O)[C@@]2(O)[C@@H]1O. The maximum absolute atomic E-state index is 13.9. The Kier molecular flexibility index (Phi) is 18.9. The second-order valence-electron chi connectivity index (χ2n) is 19.6. The number of aliphatic hydroxyl groups is 3. The molecule has 0 aromatic carbocycles. The van der Waals surface area contributed by atoms with E-state index in [0.717, 1.165) is 38.5 Å². The highest BCUT2D eigenvalue weighted by Crippen LogP contribution is 2.77. The first-order valence-corrected chi connectivity index (χ1v) is 24.2. The Labute approximate surface area is 362 Å². The molecule has 3 N–H and O–H groups in total. The molecule has 0 saturated heterocycles. The molecule has 9 atom stereocenters. The summed E-state index contributed by atoms with van der Waals surface area (Å²) < 4.78 is 18.2. The summed E-state index contributed by atoms with van der Waals surface area (Å²) in [5.74, 6) is -5.97. The van der Waals surface area contributed by atoms with E-state index in [4.69, 9.17) is 14.2 Å². The summed E-state index contributed by atoms with van der Waals surface area (Å²) in [5, 5.41) is 37.5. The number of Topliss-reactive ketones (excluding diaryl/α,β-unsaturated/α-hetero) is 1. The molecule has 4 aliphatic rings. The first-order valence-electron chi connectivity index (χ1n) is 24.2. The van der Waals surface area contributed by atoms with Crippen LogP contribution in [0.15, 0.2) is 23.3 Å². The van der Waals surface area contributed by atoms with Gasteiger partial charge in [0.05, 0.1) is 5.60 Å². The van der Waals surface area contributed by atoms with Gasteiger partial charge < -0.3 is 29.5 Å². The molecular formula is C50H82O10. The lowest BCUT2D eigenvalue weighted by Gasteiger charge is -2.53. The van der Waals surface area contributed by atoms with Crippen molar-refractivity contribution in [2.45, 2.75) is 232 Å². The number of esters is 3. The number of carbonyl (C=O) groups is 4. The lowest BCUT2D eigenvalue weighted by molar-refractivity contribution is -0.233. The topological polar surface area (TPSA) is 157 Å². The Morgan fingerprint density at radius 1 is 0.700 bits per heavy atom. The van der Waals surface area contributed by atoms with E-state index in [2.05, 4.69) is 13.8 Å². The summed E-state index contributed by atoms with van der Waals surface area (Å²) in [5.41, 5.74) is -6.28. The second-order valence-corrected chi connectivity index (χ2v) is 19.6. The van der Waals surface area contributed by atoms with Crippen molar-refractivity contribution in [3.8, 4) is 0 Å². The fourth-order valence-corrected chi connectivity index (χ4v) is 11.4. The van der Waals surface area contributed by atoms with Gasteiger partial charge in [0, 0.05) is 48.9 Å². The van der Waals surface area contributed by atoms with E-state index in [-0.39, 0.29) is 30.6 Å². The van der Waals surface area contributed by atoms with Crippen molar-refractivity contribution < 1.29 is 48.7 Å². The van der Waals surface area contributed by atoms with Crippen LogP contribution in [-0.4, -0.2) is 74.6 Å². The van der Waals surface area contributed by atoms with Gasteiger partial charge in [0.15, 0.2) is 17.0 Å². The highest BCUT2D eigenvalue weighted by Gasteiger charge is 2.88. The third-order valence-electron chi connectivity index (χ3n) is 14.9. The van der Waals surface area contributed by atoms with Crippen LogP contribution in [0.5, 0.6) is 0 Å². The molecule has 0 aromatic rings. The van der Waals surface area contributed by atoms with E-state index in [1.54, 1.807) is 19.9 Å². The Bertz CT molecular complexity index is 1500. The average molecular weight is 843 g/mol.